The molecule has 1 aliphatic heterocycles. The van der Waals surface area contributed by atoms with Gasteiger partial charge in [-0.25, -0.2) is 4.98 Å². The van der Waals surface area contributed by atoms with Gasteiger partial charge >= 0.3 is 0 Å². The normalized spacial score (nSPS) is 17.3. The third-order valence-corrected chi connectivity index (χ3v) is 6.54. The smallest absolute Gasteiger partial charge is 0.235 e. The Kier molecular flexibility index (Phi) is 6.42. The number of nitrogens with one attached hydrogen (secondary N) is 1. The highest BCUT2D eigenvalue weighted by atomic mass is 32.2. The second-order valence-corrected chi connectivity index (χ2v) is 9.11. The minimum atomic E-state index is -0.330. The van der Waals surface area contributed by atoms with Crippen molar-refractivity contribution in [2.45, 2.75) is 30.2 Å². The van der Waals surface area contributed by atoms with E-state index in [1.807, 2.05) is 67.6 Å². The summed E-state index contributed by atoms with van der Waals surface area (Å²) >= 11 is 1.41. The number of imidazole rings is 1. The molecule has 4 rings (SSSR count). The molecule has 2 aromatic carbocycles. The van der Waals surface area contributed by atoms with E-state index in [1.165, 1.54) is 11.8 Å². The summed E-state index contributed by atoms with van der Waals surface area (Å²) in [7, 11) is 0. The lowest BCUT2D eigenvalue weighted by Gasteiger charge is -2.32. The van der Waals surface area contributed by atoms with Gasteiger partial charge in [0.1, 0.15) is 0 Å². The van der Waals surface area contributed by atoms with Crippen molar-refractivity contribution >= 4 is 23.6 Å². The van der Waals surface area contributed by atoms with Gasteiger partial charge in [0.05, 0.1) is 22.6 Å². The zero-order valence-electron chi connectivity index (χ0n) is 17.5. The van der Waals surface area contributed by atoms with Crippen LogP contribution in [0.1, 0.15) is 19.8 Å². The standard InChI is InChI=1S/C24H26N4O2S/c1-16(23(30)28-14-8-13-19(15-28)22(25)29)31-24-26-20(17-9-4-2-5-10-17)21(27-24)18-11-6-3-7-12-18/h2-7,9-12,16,19H,8,13-15H2,1H3,(H2,25,29)(H,26,27). The summed E-state index contributed by atoms with van der Waals surface area (Å²) in [5, 5.41) is 0.368. The van der Waals surface area contributed by atoms with Crippen LogP contribution in [0, 0.1) is 5.92 Å². The van der Waals surface area contributed by atoms with E-state index < -0.39 is 0 Å². The number of carbonyl (C=O) groups excluding carboxylic acids is 2. The molecule has 0 bridgehead atoms. The van der Waals surface area contributed by atoms with Gasteiger partial charge in [-0.2, -0.15) is 0 Å². The molecule has 7 heteroatoms. The molecule has 1 aromatic heterocycles. The molecule has 0 spiro atoms. The van der Waals surface area contributed by atoms with Crippen LogP contribution in [-0.2, 0) is 9.59 Å². The van der Waals surface area contributed by atoms with Gasteiger partial charge in [0.2, 0.25) is 11.8 Å². The highest BCUT2D eigenvalue weighted by Crippen LogP contribution is 2.34. The fraction of sp³-hybridized carbons (Fsp3) is 0.292. The Labute approximate surface area is 186 Å². The maximum atomic E-state index is 13.0. The van der Waals surface area contributed by atoms with Crippen molar-refractivity contribution < 1.29 is 9.59 Å². The van der Waals surface area contributed by atoms with E-state index >= 15 is 0 Å². The van der Waals surface area contributed by atoms with Gasteiger partial charge in [0.25, 0.3) is 0 Å². The zero-order valence-corrected chi connectivity index (χ0v) is 18.3. The number of hydrogen-bond acceptors (Lipinski definition) is 4. The van der Waals surface area contributed by atoms with Crippen LogP contribution in [0.5, 0.6) is 0 Å². The lowest BCUT2D eigenvalue weighted by atomic mass is 9.97. The molecular weight excluding hydrogens is 408 g/mol. The van der Waals surface area contributed by atoms with Crippen molar-refractivity contribution in [2.75, 3.05) is 13.1 Å². The number of piperidine rings is 1. The predicted octanol–water partition coefficient (Wildman–Crippen LogP) is 3.95. The van der Waals surface area contributed by atoms with E-state index in [-0.39, 0.29) is 23.0 Å². The van der Waals surface area contributed by atoms with Crippen LogP contribution in [0.2, 0.25) is 0 Å². The molecule has 1 saturated heterocycles. The molecule has 2 unspecified atom stereocenters. The lowest BCUT2D eigenvalue weighted by Crippen LogP contribution is -2.46. The first kappa shape index (κ1) is 21.2. The number of likely N-dealkylation sites (tertiary alicyclic amines) is 1. The molecule has 0 radical (unpaired) electrons. The van der Waals surface area contributed by atoms with Crippen LogP contribution >= 0.6 is 11.8 Å². The van der Waals surface area contributed by atoms with Crippen LogP contribution in [0.15, 0.2) is 65.8 Å². The minimum Gasteiger partial charge on any atom is -0.369 e. The van der Waals surface area contributed by atoms with Crippen molar-refractivity contribution in [3.63, 3.8) is 0 Å². The molecule has 0 aliphatic carbocycles. The fourth-order valence-corrected chi connectivity index (χ4v) is 4.80. The first-order valence-electron chi connectivity index (χ1n) is 10.5. The Bertz CT molecular complexity index is 995. The Hall–Kier alpha value is -3.06. The molecule has 0 saturated carbocycles. The highest BCUT2D eigenvalue weighted by Gasteiger charge is 2.30. The summed E-state index contributed by atoms with van der Waals surface area (Å²) in [6, 6.07) is 20.1. The second kappa shape index (κ2) is 9.39. The number of H-pyrrole nitrogens is 1. The van der Waals surface area contributed by atoms with Crippen molar-refractivity contribution in [2.24, 2.45) is 11.7 Å². The van der Waals surface area contributed by atoms with Crippen LogP contribution in [0.3, 0.4) is 0 Å². The van der Waals surface area contributed by atoms with E-state index in [0.29, 0.717) is 18.2 Å². The van der Waals surface area contributed by atoms with E-state index in [4.69, 9.17) is 10.7 Å². The number of benzene rings is 2. The van der Waals surface area contributed by atoms with E-state index in [9.17, 15) is 9.59 Å². The van der Waals surface area contributed by atoms with Gasteiger partial charge in [0.15, 0.2) is 5.16 Å². The van der Waals surface area contributed by atoms with Gasteiger partial charge in [-0.3, -0.25) is 9.59 Å². The van der Waals surface area contributed by atoms with Gasteiger partial charge in [0, 0.05) is 24.2 Å². The molecule has 3 aromatic rings. The summed E-state index contributed by atoms with van der Waals surface area (Å²) in [5.41, 5.74) is 9.31. The number of nitrogens with zero attached hydrogens (tertiary/aromatic N) is 2. The number of aromatic nitrogens is 2. The number of carbonyl (C=O) groups is 2. The third-order valence-electron chi connectivity index (χ3n) is 5.56. The number of hydrogen-bond donors (Lipinski definition) is 2. The van der Waals surface area contributed by atoms with Crippen LogP contribution in [0.4, 0.5) is 0 Å². The van der Waals surface area contributed by atoms with Crippen LogP contribution < -0.4 is 5.73 Å². The SMILES string of the molecule is CC(Sc1nc(-c2ccccc2)c(-c2ccccc2)[nH]1)C(=O)N1CCCC(C(N)=O)C1. The Morgan fingerprint density at radius 3 is 2.39 bits per heavy atom. The molecule has 3 N–H and O–H groups in total. The van der Waals surface area contributed by atoms with Crippen molar-refractivity contribution in [1.29, 1.82) is 0 Å². The van der Waals surface area contributed by atoms with Gasteiger partial charge in [-0.15, -0.1) is 0 Å². The number of primary amides is 1. The summed E-state index contributed by atoms with van der Waals surface area (Å²) in [5.74, 6) is -0.577. The Morgan fingerprint density at radius 2 is 1.74 bits per heavy atom. The number of rotatable bonds is 6. The summed E-state index contributed by atoms with van der Waals surface area (Å²) in [6.07, 6.45) is 1.55. The second-order valence-electron chi connectivity index (χ2n) is 7.78. The number of nitrogens with two attached hydrogens (primary N) is 1. The quantitative estimate of drug-likeness (QED) is 0.575. The largest absolute Gasteiger partial charge is 0.369 e. The first-order chi connectivity index (χ1) is 15.0. The molecule has 2 heterocycles. The molecular formula is C24H26N4O2S. The summed E-state index contributed by atoms with van der Waals surface area (Å²) < 4.78 is 0. The van der Waals surface area contributed by atoms with Crippen LogP contribution in [0.25, 0.3) is 22.5 Å². The number of thioether (sulfide) groups is 1. The molecule has 2 atom stereocenters. The molecule has 160 valence electrons. The van der Waals surface area contributed by atoms with Gasteiger partial charge in [-0.1, -0.05) is 72.4 Å². The maximum Gasteiger partial charge on any atom is 0.235 e. The van der Waals surface area contributed by atoms with Crippen molar-refractivity contribution in [1.82, 2.24) is 14.9 Å². The Balaban J connectivity index is 1.56. The number of aromatic amines is 1. The van der Waals surface area contributed by atoms with E-state index in [2.05, 4.69) is 4.98 Å². The molecule has 6 nitrogen and oxygen atoms in total. The summed E-state index contributed by atoms with van der Waals surface area (Å²) in [4.78, 5) is 34.6. The predicted molar refractivity (Wildman–Crippen MR) is 123 cm³/mol. The van der Waals surface area contributed by atoms with Crippen molar-refractivity contribution in [3.05, 3.63) is 60.7 Å². The topological polar surface area (TPSA) is 92.1 Å². The lowest BCUT2D eigenvalue weighted by molar-refractivity contribution is -0.134. The number of amides is 2. The molecule has 1 fully saturated rings. The van der Waals surface area contributed by atoms with E-state index in [1.54, 1.807) is 4.90 Å². The zero-order chi connectivity index (χ0) is 21.8. The fourth-order valence-electron chi connectivity index (χ4n) is 3.91. The minimum absolute atomic E-state index is 0.00914. The first-order valence-corrected chi connectivity index (χ1v) is 11.4. The molecule has 1 aliphatic rings. The molecule has 2 amide bonds. The Morgan fingerprint density at radius 1 is 1.10 bits per heavy atom. The van der Waals surface area contributed by atoms with Gasteiger partial charge in [-0.05, 0) is 19.8 Å². The maximum absolute atomic E-state index is 13.0. The van der Waals surface area contributed by atoms with E-state index in [0.717, 1.165) is 35.4 Å². The highest BCUT2D eigenvalue weighted by molar-refractivity contribution is 8.00. The average molecular weight is 435 g/mol. The summed E-state index contributed by atoms with van der Waals surface area (Å²) in [6.45, 7) is 2.95. The van der Waals surface area contributed by atoms with Crippen molar-refractivity contribution in [3.8, 4) is 22.5 Å². The molecule has 31 heavy (non-hydrogen) atoms. The average Bonchev–Trinajstić information content (AvgIpc) is 3.23. The monoisotopic (exact) mass is 434 g/mol. The third kappa shape index (κ3) is 4.82. The van der Waals surface area contributed by atoms with Crippen LogP contribution in [-0.4, -0.2) is 45.0 Å². The van der Waals surface area contributed by atoms with Gasteiger partial charge < -0.3 is 15.6 Å².